The Morgan fingerprint density at radius 1 is 0.889 bits per heavy atom. The van der Waals surface area contributed by atoms with Crippen molar-refractivity contribution in [3.8, 4) is 11.4 Å². The molecule has 1 aliphatic heterocycles. The summed E-state index contributed by atoms with van der Waals surface area (Å²) >= 11 is 0. The van der Waals surface area contributed by atoms with E-state index >= 15 is 0 Å². The van der Waals surface area contributed by atoms with Crippen molar-refractivity contribution >= 4 is 29.5 Å². The lowest BCUT2D eigenvalue weighted by atomic mass is 10.2. The lowest BCUT2D eigenvalue weighted by molar-refractivity contribution is -0.118. The summed E-state index contributed by atoms with van der Waals surface area (Å²) in [5.74, 6) is 0.569. The van der Waals surface area contributed by atoms with E-state index in [0.29, 0.717) is 17.5 Å². The minimum absolute atomic E-state index is 0.0660. The highest BCUT2D eigenvalue weighted by Gasteiger charge is 2.19. The van der Waals surface area contributed by atoms with Crippen molar-refractivity contribution in [1.82, 2.24) is 19.8 Å². The molecule has 9 heteroatoms. The molecule has 2 aromatic carbocycles. The number of piperazine rings is 1. The van der Waals surface area contributed by atoms with Crippen LogP contribution in [-0.2, 0) is 9.59 Å². The topological polar surface area (TPSA) is 116 Å². The first-order valence-electron chi connectivity index (χ1n) is 12.0. The SMILES string of the molecule is NC(=O)CNc1cc(NC(=O)CN2CCN(C/C=C/c3ccccc3)CC2)nc(-c2ccccc2)n1. The molecule has 0 bridgehead atoms. The van der Waals surface area contributed by atoms with E-state index in [2.05, 4.69) is 54.7 Å². The lowest BCUT2D eigenvalue weighted by Crippen LogP contribution is -2.48. The normalized spacial score (nSPS) is 14.6. The maximum absolute atomic E-state index is 12.8. The molecule has 2 heterocycles. The number of carbonyl (C=O) groups is 2. The molecule has 1 aliphatic rings. The number of nitrogens with one attached hydrogen (secondary N) is 2. The highest BCUT2D eigenvalue weighted by Crippen LogP contribution is 2.20. The van der Waals surface area contributed by atoms with Gasteiger partial charge in [-0.15, -0.1) is 0 Å². The standard InChI is InChI=1S/C27H31N7O2/c28-23(35)19-29-24-18-25(32-27(31-24)22-11-5-2-6-12-22)30-26(36)20-34-16-14-33(15-17-34)13-7-10-21-8-3-1-4-9-21/h1-12,18H,13-17,19-20H2,(H2,28,35)(H2,29,30,31,32,36)/b10-7+. The molecule has 0 unspecified atom stereocenters. The van der Waals surface area contributed by atoms with E-state index in [-0.39, 0.29) is 19.0 Å². The van der Waals surface area contributed by atoms with Crippen molar-refractivity contribution in [1.29, 1.82) is 0 Å². The van der Waals surface area contributed by atoms with Crippen LogP contribution in [0, 0.1) is 0 Å². The van der Waals surface area contributed by atoms with Crippen molar-refractivity contribution in [3.63, 3.8) is 0 Å². The van der Waals surface area contributed by atoms with Crippen LogP contribution >= 0.6 is 0 Å². The van der Waals surface area contributed by atoms with Gasteiger partial charge in [-0.2, -0.15) is 0 Å². The highest BCUT2D eigenvalue weighted by atomic mass is 16.2. The van der Waals surface area contributed by atoms with E-state index in [0.717, 1.165) is 38.3 Å². The van der Waals surface area contributed by atoms with E-state index in [1.165, 1.54) is 5.56 Å². The van der Waals surface area contributed by atoms with Gasteiger partial charge in [0.25, 0.3) is 0 Å². The Balaban J connectivity index is 1.30. The van der Waals surface area contributed by atoms with E-state index in [9.17, 15) is 9.59 Å². The molecule has 3 aromatic rings. The largest absolute Gasteiger partial charge is 0.368 e. The van der Waals surface area contributed by atoms with E-state index in [4.69, 9.17) is 5.73 Å². The number of primary amides is 1. The number of carbonyl (C=O) groups excluding carboxylic acids is 2. The van der Waals surface area contributed by atoms with Crippen LogP contribution in [-0.4, -0.2) is 77.4 Å². The molecule has 36 heavy (non-hydrogen) atoms. The number of anilines is 2. The first-order valence-corrected chi connectivity index (χ1v) is 12.0. The summed E-state index contributed by atoms with van der Waals surface area (Å²) in [4.78, 5) is 37.4. The zero-order valence-electron chi connectivity index (χ0n) is 20.1. The van der Waals surface area contributed by atoms with Crippen molar-refractivity contribution in [3.05, 3.63) is 78.4 Å². The van der Waals surface area contributed by atoms with Gasteiger partial charge in [0, 0.05) is 44.4 Å². The maximum atomic E-state index is 12.8. The minimum atomic E-state index is -0.504. The average molecular weight is 486 g/mol. The maximum Gasteiger partial charge on any atom is 0.239 e. The summed E-state index contributed by atoms with van der Waals surface area (Å²) in [5, 5.41) is 5.76. The minimum Gasteiger partial charge on any atom is -0.368 e. The van der Waals surface area contributed by atoms with Gasteiger partial charge in [0.05, 0.1) is 13.1 Å². The highest BCUT2D eigenvalue weighted by molar-refractivity contribution is 5.92. The third kappa shape index (κ3) is 7.72. The fourth-order valence-corrected chi connectivity index (χ4v) is 3.91. The van der Waals surface area contributed by atoms with Crippen LogP contribution < -0.4 is 16.4 Å². The fraction of sp³-hybridized carbons (Fsp3) is 0.259. The monoisotopic (exact) mass is 485 g/mol. The number of benzene rings is 2. The van der Waals surface area contributed by atoms with Gasteiger partial charge in [-0.1, -0.05) is 72.8 Å². The second kappa shape index (κ2) is 12.6. The lowest BCUT2D eigenvalue weighted by Gasteiger charge is -2.33. The van der Waals surface area contributed by atoms with Crippen LogP contribution in [0.1, 0.15) is 5.56 Å². The Kier molecular flexibility index (Phi) is 8.74. The van der Waals surface area contributed by atoms with Crippen LogP contribution in [0.4, 0.5) is 11.6 Å². The summed E-state index contributed by atoms with van der Waals surface area (Å²) in [6.45, 7) is 4.54. The predicted molar refractivity (Wildman–Crippen MR) is 142 cm³/mol. The van der Waals surface area contributed by atoms with Crippen molar-refractivity contribution < 1.29 is 9.59 Å². The molecular formula is C27H31N7O2. The summed E-state index contributed by atoms with van der Waals surface area (Å²) in [5.41, 5.74) is 7.24. The second-order valence-electron chi connectivity index (χ2n) is 8.59. The van der Waals surface area contributed by atoms with E-state index in [1.54, 1.807) is 6.07 Å². The molecule has 0 aliphatic carbocycles. The van der Waals surface area contributed by atoms with Crippen molar-refractivity contribution in [2.75, 3.05) is 56.4 Å². The molecule has 186 valence electrons. The van der Waals surface area contributed by atoms with Gasteiger partial charge in [0.15, 0.2) is 5.82 Å². The molecule has 0 spiro atoms. The summed E-state index contributed by atoms with van der Waals surface area (Å²) < 4.78 is 0. The van der Waals surface area contributed by atoms with Gasteiger partial charge in [-0.25, -0.2) is 9.97 Å². The van der Waals surface area contributed by atoms with E-state index < -0.39 is 5.91 Å². The molecular weight excluding hydrogens is 454 g/mol. The summed E-state index contributed by atoms with van der Waals surface area (Å²) in [6.07, 6.45) is 4.32. The van der Waals surface area contributed by atoms with Crippen molar-refractivity contribution in [2.45, 2.75) is 0 Å². The molecule has 0 atom stereocenters. The van der Waals surface area contributed by atoms with Crippen LogP contribution in [0.2, 0.25) is 0 Å². The predicted octanol–water partition coefficient (Wildman–Crippen LogP) is 2.31. The Labute approximate surface area is 211 Å². The van der Waals surface area contributed by atoms with Gasteiger partial charge in [0.1, 0.15) is 11.6 Å². The number of nitrogens with zero attached hydrogens (tertiary/aromatic N) is 4. The quantitative estimate of drug-likeness (QED) is 0.403. The second-order valence-corrected chi connectivity index (χ2v) is 8.59. The Morgan fingerprint density at radius 3 is 2.22 bits per heavy atom. The third-order valence-corrected chi connectivity index (χ3v) is 5.77. The molecule has 0 radical (unpaired) electrons. The van der Waals surface area contributed by atoms with Crippen LogP contribution in [0.5, 0.6) is 0 Å². The molecule has 9 nitrogen and oxygen atoms in total. The fourth-order valence-electron chi connectivity index (χ4n) is 3.91. The first kappa shape index (κ1) is 25.0. The zero-order valence-corrected chi connectivity index (χ0v) is 20.1. The van der Waals surface area contributed by atoms with Gasteiger partial charge >= 0.3 is 0 Å². The summed E-state index contributed by atoms with van der Waals surface area (Å²) in [6, 6.07) is 21.3. The van der Waals surface area contributed by atoms with Gasteiger partial charge in [-0.3, -0.25) is 19.4 Å². The molecule has 1 saturated heterocycles. The van der Waals surface area contributed by atoms with Crippen LogP contribution in [0.25, 0.3) is 17.5 Å². The smallest absolute Gasteiger partial charge is 0.239 e. The number of hydrogen-bond donors (Lipinski definition) is 3. The molecule has 4 rings (SSSR count). The van der Waals surface area contributed by atoms with E-state index in [1.807, 2.05) is 48.5 Å². The van der Waals surface area contributed by atoms with Gasteiger partial charge < -0.3 is 16.4 Å². The van der Waals surface area contributed by atoms with Crippen LogP contribution in [0.15, 0.2) is 72.8 Å². The number of hydrogen-bond acceptors (Lipinski definition) is 7. The average Bonchev–Trinajstić information content (AvgIpc) is 2.89. The Morgan fingerprint density at radius 2 is 1.53 bits per heavy atom. The number of rotatable bonds is 10. The van der Waals surface area contributed by atoms with Crippen LogP contribution in [0.3, 0.4) is 0 Å². The Bertz CT molecular complexity index is 1180. The first-order chi connectivity index (χ1) is 17.5. The number of amides is 2. The molecule has 4 N–H and O–H groups in total. The Hall–Kier alpha value is -4.08. The van der Waals surface area contributed by atoms with Crippen molar-refractivity contribution in [2.24, 2.45) is 5.73 Å². The molecule has 0 saturated carbocycles. The van der Waals surface area contributed by atoms with Gasteiger partial charge in [0.2, 0.25) is 11.8 Å². The third-order valence-electron chi connectivity index (χ3n) is 5.77. The summed E-state index contributed by atoms with van der Waals surface area (Å²) in [7, 11) is 0. The zero-order chi connectivity index (χ0) is 25.2. The molecule has 1 aromatic heterocycles. The number of aromatic nitrogens is 2. The molecule has 2 amide bonds. The van der Waals surface area contributed by atoms with Gasteiger partial charge in [-0.05, 0) is 5.56 Å². The number of nitrogens with two attached hydrogens (primary N) is 1. The molecule has 1 fully saturated rings.